The van der Waals surface area contributed by atoms with E-state index >= 15 is 0 Å². The number of carbonyl (C=O) groups excluding carboxylic acids is 3. The van der Waals surface area contributed by atoms with Crippen molar-refractivity contribution >= 4 is 17.7 Å². The molecule has 0 aromatic carbocycles. The number of esters is 1. The fourth-order valence-electron chi connectivity index (χ4n) is 2.15. The average molecular weight is 270 g/mol. The van der Waals surface area contributed by atoms with E-state index in [1.165, 1.54) is 0 Å². The lowest BCUT2D eigenvalue weighted by molar-refractivity contribution is -0.158. The molecule has 0 radical (unpaired) electrons. The number of ketones is 1. The van der Waals surface area contributed by atoms with Gasteiger partial charge >= 0.3 is 5.97 Å². The normalized spacial score (nSPS) is 20.3. The van der Waals surface area contributed by atoms with Crippen molar-refractivity contribution < 1.29 is 19.1 Å². The molecule has 0 saturated carbocycles. The number of amides is 1. The summed E-state index contributed by atoms with van der Waals surface area (Å²) in [7, 11) is 0. The van der Waals surface area contributed by atoms with Crippen LogP contribution in [0.2, 0.25) is 0 Å². The molecular weight excluding hydrogens is 248 g/mol. The van der Waals surface area contributed by atoms with Crippen LogP contribution in [-0.4, -0.2) is 48.3 Å². The van der Waals surface area contributed by atoms with Crippen molar-refractivity contribution in [3.05, 3.63) is 0 Å². The predicted molar refractivity (Wildman–Crippen MR) is 69.2 cm³/mol. The Morgan fingerprint density at radius 1 is 1.37 bits per heavy atom. The summed E-state index contributed by atoms with van der Waals surface area (Å²) in [6.07, 6.45) is 1.50. The SMILES string of the molecule is CCOC(=O)C(C)(C)C(=O)CN1CCCC1C(N)=O. The summed E-state index contributed by atoms with van der Waals surface area (Å²) in [6.45, 7) is 5.73. The summed E-state index contributed by atoms with van der Waals surface area (Å²) >= 11 is 0. The molecule has 6 nitrogen and oxygen atoms in total. The number of Topliss-reactive ketones (excluding diaryl/α,β-unsaturated/α-hetero) is 1. The Kier molecular flexibility index (Phi) is 5.05. The Balaban J connectivity index is 2.68. The van der Waals surface area contributed by atoms with Gasteiger partial charge in [-0.05, 0) is 40.2 Å². The van der Waals surface area contributed by atoms with Crippen LogP contribution in [0.5, 0.6) is 0 Å². The highest BCUT2D eigenvalue weighted by molar-refractivity contribution is 6.04. The van der Waals surface area contributed by atoms with Gasteiger partial charge in [0.25, 0.3) is 0 Å². The lowest BCUT2D eigenvalue weighted by atomic mass is 9.87. The van der Waals surface area contributed by atoms with Gasteiger partial charge in [-0.3, -0.25) is 19.3 Å². The van der Waals surface area contributed by atoms with Gasteiger partial charge in [-0.15, -0.1) is 0 Å². The van der Waals surface area contributed by atoms with Crippen LogP contribution in [0, 0.1) is 5.41 Å². The number of nitrogens with two attached hydrogens (primary N) is 1. The maximum absolute atomic E-state index is 12.2. The number of nitrogens with zero attached hydrogens (tertiary/aromatic N) is 1. The largest absolute Gasteiger partial charge is 0.465 e. The lowest BCUT2D eigenvalue weighted by Crippen LogP contribution is -2.47. The molecule has 0 spiro atoms. The van der Waals surface area contributed by atoms with Crippen LogP contribution in [0.3, 0.4) is 0 Å². The van der Waals surface area contributed by atoms with Gasteiger partial charge in [-0.1, -0.05) is 0 Å². The molecule has 6 heteroatoms. The van der Waals surface area contributed by atoms with E-state index in [0.717, 1.165) is 6.42 Å². The molecule has 1 heterocycles. The minimum atomic E-state index is -1.19. The van der Waals surface area contributed by atoms with E-state index in [0.29, 0.717) is 13.0 Å². The maximum Gasteiger partial charge on any atom is 0.319 e. The monoisotopic (exact) mass is 270 g/mol. The molecule has 1 amide bonds. The van der Waals surface area contributed by atoms with Crippen LogP contribution in [0.15, 0.2) is 0 Å². The van der Waals surface area contributed by atoms with Crippen LogP contribution in [-0.2, 0) is 19.1 Å². The van der Waals surface area contributed by atoms with Gasteiger partial charge < -0.3 is 10.5 Å². The molecular formula is C13H22N2O4. The third-order valence-corrected chi connectivity index (χ3v) is 3.52. The van der Waals surface area contributed by atoms with Gasteiger partial charge in [-0.2, -0.15) is 0 Å². The molecule has 1 rings (SSSR count). The zero-order valence-electron chi connectivity index (χ0n) is 11.8. The molecule has 108 valence electrons. The fourth-order valence-corrected chi connectivity index (χ4v) is 2.15. The predicted octanol–water partition coefficient (Wildman–Crippen LogP) is 0.0945. The first-order valence-corrected chi connectivity index (χ1v) is 6.54. The molecule has 1 fully saturated rings. The first-order chi connectivity index (χ1) is 8.80. The van der Waals surface area contributed by atoms with Crippen LogP contribution < -0.4 is 5.73 Å². The molecule has 2 N–H and O–H groups in total. The Morgan fingerprint density at radius 2 is 2.00 bits per heavy atom. The van der Waals surface area contributed by atoms with Crippen LogP contribution in [0.25, 0.3) is 0 Å². The van der Waals surface area contributed by atoms with Crippen molar-refractivity contribution in [2.24, 2.45) is 11.1 Å². The molecule has 1 aliphatic heterocycles. The van der Waals surface area contributed by atoms with E-state index < -0.39 is 23.3 Å². The summed E-state index contributed by atoms with van der Waals surface area (Å²) < 4.78 is 4.90. The number of hydrogen-bond acceptors (Lipinski definition) is 5. The second-order valence-electron chi connectivity index (χ2n) is 5.30. The van der Waals surface area contributed by atoms with Crippen molar-refractivity contribution in [1.82, 2.24) is 4.90 Å². The number of primary amides is 1. The number of ether oxygens (including phenoxy) is 1. The molecule has 1 saturated heterocycles. The summed E-state index contributed by atoms with van der Waals surface area (Å²) in [5.74, 6) is -1.20. The van der Waals surface area contributed by atoms with Gasteiger partial charge in [0.2, 0.25) is 5.91 Å². The summed E-state index contributed by atoms with van der Waals surface area (Å²) in [5, 5.41) is 0. The van der Waals surface area contributed by atoms with Crippen LogP contribution in [0.4, 0.5) is 0 Å². The Labute approximate surface area is 113 Å². The molecule has 1 unspecified atom stereocenters. The van der Waals surface area contributed by atoms with Crippen LogP contribution >= 0.6 is 0 Å². The number of hydrogen-bond donors (Lipinski definition) is 1. The van der Waals surface area contributed by atoms with Gasteiger partial charge in [0, 0.05) is 0 Å². The van der Waals surface area contributed by atoms with Crippen molar-refractivity contribution in [1.29, 1.82) is 0 Å². The Morgan fingerprint density at radius 3 is 2.53 bits per heavy atom. The molecule has 1 aliphatic rings. The third-order valence-electron chi connectivity index (χ3n) is 3.52. The maximum atomic E-state index is 12.2. The zero-order chi connectivity index (χ0) is 14.6. The highest BCUT2D eigenvalue weighted by Crippen LogP contribution is 2.23. The number of likely N-dealkylation sites (tertiary alicyclic amines) is 1. The number of carbonyl (C=O) groups is 3. The molecule has 0 aromatic heterocycles. The van der Waals surface area contributed by atoms with Crippen molar-refractivity contribution in [3.8, 4) is 0 Å². The molecule has 1 atom stereocenters. The molecule has 19 heavy (non-hydrogen) atoms. The van der Waals surface area contributed by atoms with E-state index in [-0.39, 0.29) is 18.9 Å². The van der Waals surface area contributed by atoms with E-state index in [9.17, 15) is 14.4 Å². The topological polar surface area (TPSA) is 89.7 Å². The second kappa shape index (κ2) is 6.14. The second-order valence-corrected chi connectivity index (χ2v) is 5.30. The third kappa shape index (κ3) is 3.53. The minimum absolute atomic E-state index is 0.0550. The van der Waals surface area contributed by atoms with E-state index in [4.69, 9.17) is 10.5 Å². The van der Waals surface area contributed by atoms with E-state index in [1.807, 2.05) is 0 Å². The Hall–Kier alpha value is -1.43. The zero-order valence-corrected chi connectivity index (χ0v) is 11.8. The first kappa shape index (κ1) is 15.6. The highest BCUT2D eigenvalue weighted by Gasteiger charge is 2.40. The van der Waals surface area contributed by atoms with Gasteiger partial charge in [0.05, 0.1) is 19.2 Å². The smallest absolute Gasteiger partial charge is 0.319 e. The lowest BCUT2D eigenvalue weighted by Gasteiger charge is -2.26. The summed E-state index contributed by atoms with van der Waals surface area (Å²) in [5.41, 5.74) is 4.10. The van der Waals surface area contributed by atoms with Gasteiger partial charge in [0.15, 0.2) is 5.78 Å². The van der Waals surface area contributed by atoms with Crippen molar-refractivity contribution in [2.75, 3.05) is 19.7 Å². The molecule has 0 aromatic rings. The average Bonchev–Trinajstić information content (AvgIpc) is 2.77. The summed E-state index contributed by atoms with van der Waals surface area (Å²) in [4.78, 5) is 37.0. The highest BCUT2D eigenvalue weighted by atomic mass is 16.5. The first-order valence-electron chi connectivity index (χ1n) is 6.54. The quantitative estimate of drug-likeness (QED) is 0.546. The Bertz CT molecular complexity index is 379. The van der Waals surface area contributed by atoms with Crippen molar-refractivity contribution in [2.45, 2.75) is 39.7 Å². The fraction of sp³-hybridized carbons (Fsp3) is 0.769. The van der Waals surface area contributed by atoms with Crippen molar-refractivity contribution in [3.63, 3.8) is 0 Å². The molecule has 0 bridgehead atoms. The minimum Gasteiger partial charge on any atom is -0.465 e. The van der Waals surface area contributed by atoms with Crippen LogP contribution in [0.1, 0.15) is 33.6 Å². The molecule has 0 aliphatic carbocycles. The standard InChI is InChI=1S/C13H22N2O4/c1-4-19-12(18)13(2,3)10(16)8-15-7-5-6-9(15)11(14)17/h9H,4-8H2,1-3H3,(H2,14,17). The van der Waals surface area contributed by atoms with Gasteiger partial charge in [0.1, 0.15) is 5.41 Å². The van der Waals surface area contributed by atoms with Gasteiger partial charge in [-0.25, -0.2) is 0 Å². The summed E-state index contributed by atoms with van der Waals surface area (Å²) in [6, 6.07) is -0.401. The number of rotatable bonds is 6. The van der Waals surface area contributed by atoms with E-state index in [2.05, 4.69) is 0 Å². The van der Waals surface area contributed by atoms with E-state index in [1.54, 1.807) is 25.7 Å².